The summed E-state index contributed by atoms with van der Waals surface area (Å²) in [6.45, 7) is 4.01. The van der Waals surface area contributed by atoms with Crippen molar-refractivity contribution in [2.45, 2.75) is 18.7 Å². The van der Waals surface area contributed by atoms with Gasteiger partial charge in [0, 0.05) is 19.0 Å². The van der Waals surface area contributed by atoms with Crippen molar-refractivity contribution in [2.75, 3.05) is 19.0 Å². The number of hydrogen-bond donors (Lipinski definition) is 2. The molecular formula is C6H14BN2S. The fourth-order valence-corrected chi connectivity index (χ4v) is 1.55. The van der Waals surface area contributed by atoms with Gasteiger partial charge < -0.3 is 11.1 Å². The van der Waals surface area contributed by atoms with Crippen LogP contribution in [-0.4, -0.2) is 25.5 Å². The van der Waals surface area contributed by atoms with Gasteiger partial charge in [-0.3, -0.25) is 0 Å². The van der Waals surface area contributed by atoms with E-state index in [1.807, 2.05) is 11.6 Å². The predicted molar refractivity (Wildman–Crippen MR) is 48.3 cm³/mol. The second-order valence-electron chi connectivity index (χ2n) is 2.57. The molecule has 1 fully saturated rings. The summed E-state index contributed by atoms with van der Waals surface area (Å²) in [6, 6.07) is 0. The normalized spacial score (nSPS) is 17.3. The molecule has 0 aromatic rings. The van der Waals surface area contributed by atoms with Crippen LogP contribution in [0.15, 0.2) is 0 Å². The van der Waals surface area contributed by atoms with Crippen LogP contribution in [0, 0.1) is 0 Å². The minimum atomic E-state index is 0.740. The van der Waals surface area contributed by atoms with Gasteiger partial charge in [-0.1, -0.05) is 18.7 Å². The summed E-state index contributed by atoms with van der Waals surface area (Å²) in [5.41, 5.74) is 5.30. The first-order valence-electron chi connectivity index (χ1n) is 3.79. The maximum atomic E-state index is 5.30. The Hall–Kier alpha value is 0.335. The van der Waals surface area contributed by atoms with Crippen LogP contribution >= 0.6 is 11.6 Å². The summed E-state index contributed by atoms with van der Waals surface area (Å²) in [7, 11) is 0. The second-order valence-corrected chi connectivity index (χ2v) is 3.47. The number of hydrogen-bond acceptors (Lipinski definition) is 3. The highest BCUT2D eigenvalue weighted by molar-refractivity contribution is 8.22. The lowest BCUT2D eigenvalue weighted by molar-refractivity contribution is 0.785. The zero-order chi connectivity index (χ0) is 7.23. The van der Waals surface area contributed by atoms with Crippen LogP contribution in [0.25, 0.3) is 0 Å². The molecule has 0 aromatic heterocycles. The van der Waals surface area contributed by atoms with E-state index < -0.39 is 0 Å². The first kappa shape index (κ1) is 8.43. The standard InChI is InChI=1S/C6H14BN2S/c8-3-4-9-5-10-7-6-1-2-6/h6,9H,1-5,8H2. The van der Waals surface area contributed by atoms with E-state index in [1.165, 1.54) is 12.8 Å². The van der Waals surface area contributed by atoms with Crippen molar-refractivity contribution in [1.29, 1.82) is 0 Å². The largest absolute Gasteiger partial charge is 0.329 e. The molecule has 1 rings (SSSR count). The Bertz CT molecular complexity index is 87.8. The quantitative estimate of drug-likeness (QED) is 0.333. The van der Waals surface area contributed by atoms with Gasteiger partial charge in [0.1, 0.15) is 0 Å². The molecule has 57 valence electrons. The predicted octanol–water partition coefficient (Wildman–Crippen LogP) is 0.427. The molecular weight excluding hydrogens is 143 g/mol. The molecule has 10 heavy (non-hydrogen) atoms. The van der Waals surface area contributed by atoms with Gasteiger partial charge in [0.05, 0.1) is 0 Å². The third kappa shape index (κ3) is 4.20. The van der Waals surface area contributed by atoms with Crippen LogP contribution < -0.4 is 11.1 Å². The molecule has 1 saturated carbocycles. The van der Waals surface area contributed by atoms with Crippen molar-refractivity contribution in [1.82, 2.24) is 5.32 Å². The Morgan fingerprint density at radius 1 is 1.60 bits per heavy atom. The van der Waals surface area contributed by atoms with Crippen molar-refractivity contribution >= 4 is 18.2 Å². The van der Waals surface area contributed by atoms with Gasteiger partial charge in [0.2, 0.25) is 0 Å². The minimum absolute atomic E-state index is 0.740. The summed E-state index contributed by atoms with van der Waals surface area (Å²) >= 11 is 1.87. The fraction of sp³-hybridized carbons (Fsp3) is 1.00. The molecule has 0 aromatic carbocycles. The highest BCUT2D eigenvalue weighted by Crippen LogP contribution is 2.37. The van der Waals surface area contributed by atoms with Crippen LogP contribution in [0.1, 0.15) is 12.8 Å². The van der Waals surface area contributed by atoms with Crippen LogP contribution in [0.5, 0.6) is 0 Å². The Labute approximate surface area is 67.5 Å². The maximum absolute atomic E-state index is 5.30. The van der Waals surface area contributed by atoms with Gasteiger partial charge in [-0.25, -0.2) is 11.6 Å². The monoisotopic (exact) mass is 157 g/mol. The summed E-state index contributed by atoms with van der Waals surface area (Å²) in [5, 5.41) is 3.22. The van der Waals surface area contributed by atoms with E-state index in [-0.39, 0.29) is 0 Å². The van der Waals surface area contributed by atoms with E-state index in [0.29, 0.717) is 0 Å². The highest BCUT2D eigenvalue weighted by Gasteiger charge is 2.21. The van der Waals surface area contributed by atoms with E-state index in [4.69, 9.17) is 5.73 Å². The first-order valence-corrected chi connectivity index (χ1v) is 4.84. The van der Waals surface area contributed by atoms with Crippen LogP contribution in [0.3, 0.4) is 0 Å². The number of nitrogens with one attached hydrogen (secondary N) is 1. The number of nitrogens with two attached hydrogens (primary N) is 1. The second kappa shape index (κ2) is 5.05. The number of rotatable bonds is 6. The summed E-state index contributed by atoms with van der Waals surface area (Å²) in [6.07, 6.45) is 2.81. The molecule has 0 bridgehead atoms. The van der Waals surface area contributed by atoms with Gasteiger partial charge in [-0.2, -0.15) is 0 Å². The van der Waals surface area contributed by atoms with Crippen LogP contribution in [0.4, 0.5) is 0 Å². The SMILES string of the molecule is NCCNCS[B]C1CC1. The van der Waals surface area contributed by atoms with Gasteiger partial charge in [0.25, 0.3) is 0 Å². The Morgan fingerprint density at radius 3 is 3.00 bits per heavy atom. The molecule has 0 saturated heterocycles. The molecule has 1 aliphatic carbocycles. The van der Waals surface area contributed by atoms with E-state index in [9.17, 15) is 0 Å². The zero-order valence-corrected chi connectivity index (χ0v) is 6.99. The van der Waals surface area contributed by atoms with Gasteiger partial charge in [-0.05, 0) is 0 Å². The van der Waals surface area contributed by atoms with Gasteiger partial charge in [-0.15, -0.1) is 0 Å². The van der Waals surface area contributed by atoms with Crippen LogP contribution in [0.2, 0.25) is 5.82 Å². The van der Waals surface area contributed by atoms with Crippen molar-refractivity contribution < 1.29 is 0 Å². The lowest BCUT2D eigenvalue weighted by Gasteiger charge is -1.99. The molecule has 0 spiro atoms. The molecule has 1 radical (unpaired) electrons. The smallest absolute Gasteiger partial charge is 0.196 e. The molecule has 0 aliphatic heterocycles. The minimum Gasteiger partial charge on any atom is -0.329 e. The Balaban J connectivity index is 1.68. The van der Waals surface area contributed by atoms with E-state index in [0.717, 1.165) is 24.8 Å². The molecule has 1 aliphatic rings. The van der Waals surface area contributed by atoms with Gasteiger partial charge in [0.15, 0.2) is 6.56 Å². The van der Waals surface area contributed by atoms with Crippen LogP contribution in [-0.2, 0) is 0 Å². The van der Waals surface area contributed by atoms with E-state index in [2.05, 4.69) is 11.9 Å². The summed E-state index contributed by atoms with van der Waals surface area (Å²) in [4.78, 5) is 0. The van der Waals surface area contributed by atoms with Crippen molar-refractivity contribution in [3.63, 3.8) is 0 Å². The lowest BCUT2D eigenvalue weighted by Crippen LogP contribution is -2.22. The fourth-order valence-electron chi connectivity index (χ4n) is 0.650. The molecule has 3 N–H and O–H groups in total. The Morgan fingerprint density at radius 2 is 2.40 bits per heavy atom. The summed E-state index contributed by atoms with van der Waals surface area (Å²) in [5.74, 6) is 1.94. The lowest BCUT2D eigenvalue weighted by atomic mass is 10.0. The highest BCUT2D eigenvalue weighted by atomic mass is 32.2. The Kier molecular flexibility index (Phi) is 4.26. The zero-order valence-electron chi connectivity index (χ0n) is 6.18. The average molecular weight is 157 g/mol. The third-order valence-corrected chi connectivity index (χ3v) is 2.37. The van der Waals surface area contributed by atoms with Crippen molar-refractivity contribution in [2.24, 2.45) is 5.73 Å². The van der Waals surface area contributed by atoms with E-state index >= 15 is 0 Å². The van der Waals surface area contributed by atoms with E-state index in [1.54, 1.807) is 0 Å². The molecule has 0 amide bonds. The molecule has 0 heterocycles. The molecule has 0 unspecified atom stereocenters. The first-order chi connectivity index (χ1) is 4.93. The molecule has 4 heteroatoms. The average Bonchev–Trinajstić information content (AvgIpc) is 2.71. The maximum Gasteiger partial charge on any atom is 0.196 e. The van der Waals surface area contributed by atoms with Gasteiger partial charge >= 0.3 is 0 Å². The molecule has 0 atom stereocenters. The third-order valence-electron chi connectivity index (χ3n) is 1.42. The topological polar surface area (TPSA) is 38.0 Å². The molecule has 2 nitrogen and oxygen atoms in total. The van der Waals surface area contributed by atoms with Crippen molar-refractivity contribution in [3.8, 4) is 0 Å². The van der Waals surface area contributed by atoms with Crippen molar-refractivity contribution in [3.05, 3.63) is 0 Å². The summed E-state index contributed by atoms with van der Waals surface area (Å²) < 4.78 is 0.